The number of carboxylic acids is 1. The van der Waals surface area contributed by atoms with Gasteiger partial charge in [-0.3, -0.25) is 0 Å². The summed E-state index contributed by atoms with van der Waals surface area (Å²) < 4.78 is 7.59. The molecule has 0 bridgehead atoms. The maximum atomic E-state index is 11.1. The molecule has 1 N–H and O–H groups in total. The number of benzene rings is 1. The third kappa shape index (κ3) is 3.05. The molecule has 0 spiro atoms. The molecule has 0 amide bonds. The van der Waals surface area contributed by atoms with Crippen LogP contribution in [0.2, 0.25) is 0 Å². The van der Waals surface area contributed by atoms with Crippen molar-refractivity contribution in [2.24, 2.45) is 0 Å². The first-order chi connectivity index (χ1) is 10.3. The third-order valence-corrected chi connectivity index (χ3v) is 3.98. The highest BCUT2D eigenvalue weighted by atomic mass is 16.5. The minimum Gasteiger partial charge on any atom is -0.478 e. The fourth-order valence-corrected chi connectivity index (χ4v) is 2.87. The van der Waals surface area contributed by atoms with Gasteiger partial charge in [-0.2, -0.15) is 0 Å². The fourth-order valence-electron chi connectivity index (χ4n) is 2.87. The Morgan fingerprint density at radius 3 is 2.90 bits per heavy atom. The highest BCUT2D eigenvalue weighted by Crippen LogP contribution is 2.20. The number of carbonyl (C=O) groups is 1. The Labute approximate surface area is 122 Å². The zero-order chi connectivity index (χ0) is 14.7. The second-order valence-corrected chi connectivity index (χ2v) is 5.42. The molecule has 1 fully saturated rings. The van der Waals surface area contributed by atoms with E-state index in [0.29, 0.717) is 24.8 Å². The number of ether oxygens (including phenoxy) is 1. The molecular weight excluding hydrogens is 270 g/mol. The maximum absolute atomic E-state index is 11.1. The Morgan fingerprint density at radius 2 is 2.14 bits per heavy atom. The Morgan fingerprint density at radius 1 is 1.33 bits per heavy atom. The van der Waals surface area contributed by atoms with Crippen molar-refractivity contribution < 1.29 is 14.6 Å². The Hall–Kier alpha value is -1.95. The van der Waals surface area contributed by atoms with Crippen LogP contribution < -0.4 is 0 Å². The molecule has 1 aromatic carbocycles. The van der Waals surface area contributed by atoms with Crippen molar-refractivity contribution in [2.45, 2.75) is 44.8 Å². The summed E-state index contributed by atoms with van der Waals surface area (Å²) in [6.07, 6.45) is 6.45. The van der Waals surface area contributed by atoms with E-state index < -0.39 is 5.97 Å². The SMILES string of the molecule is O=C(O)c1cccc2c1nnn2CCOC1CCCCC1. The van der Waals surface area contributed by atoms with Crippen molar-refractivity contribution in [3.8, 4) is 0 Å². The van der Waals surface area contributed by atoms with Gasteiger partial charge in [-0.1, -0.05) is 30.5 Å². The standard InChI is InChI=1S/C15H19N3O3/c19-15(20)12-7-4-8-13-14(12)16-17-18(13)9-10-21-11-5-2-1-3-6-11/h4,7-8,11H,1-3,5-6,9-10H2,(H,19,20). The topological polar surface area (TPSA) is 77.2 Å². The van der Waals surface area contributed by atoms with Gasteiger partial charge in [0.05, 0.1) is 30.3 Å². The van der Waals surface area contributed by atoms with E-state index in [4.69, 9.17) is 9.84 Å². The summed E-state index contributed by atoms with van der Waals surface area (Å²) >= 11 is 0. The predicted octanol–water partition coefficient (Wildman–Crippen LogP) is 2.48. The first kappa shape index (κ1) is 14.0. The van der Waals surface area contributed by atoms with Crippen LogP contribution in [0.25, 0.3) is 11.0 Å². The van der Waals surface area contributed by atoms with Crippen molar-refractivity contribution in [2.75, 3.05) is 6.61 Å². The number of aromatic nitrogens is 3. The summed E-state index contributed by atoms with van der Waals surface area (Å²) in [6, 6.07) is 5.10. The molecule has 21 heavy (non-hydrogen) atoms. The van der Waals surface area contributed by atoms with Gasteiger partial charge in [0.15, 0.2) is 0 Å². The zero-order valence-corrected chi connectivity index (χ0v) is 11.9. The molecule has 1 saturated carbocycles. The van der Waals surface area contributed by atoms with Crippen molar-refractivity contribution in [1.29, 1.82) is 0 Å². The summed E-state index contributed by atoms with van der Waals surface area (Å²) in [7, 11) is 0. The van der Waals surface area contributed by atoms with Gasteiger partial charge in [-0.25, -0.2) is 9.48 Å². The van der Waals surface area contributed by atoms with Gasteiger partial charge in [0.1, 0.15) is 5.52 Å². The van der Waals surface area contributed by atoms with Gasteiger partial charge in [-0.05, 0) is 25.0 Å². The van der Waals surface area contributed by atoms with Gasteiger partial charge in [-0.15, -0.1) is 5.10 Å². The second kappa shape index (κ2) is 6.22. The van der Waals surface area contributed by atoms with E-state index >= 15 is 0 Å². The van der Waals surface area contributed by atoms with Crippen molar-refractivity contribution >= 4 is 17.0 Å². The predicted molar refractivity (Wildman–Crippen MR) is 77.3 cm³/mol. The third-order valence-electron chi connectivity index (χ3n) is 3.98. The van der Waals surface area contributed by atoms with Crippen molar-refractivity contribution in [3.05, 3.63) is 23.8 Å². The van der Waals surface area contributed by atoms with Crippen LogP contribution in [0.15, 0.2) is 18.2 Å². The maximum Gasteiger partial charge on any atom is 0.338 e. The molecule has 6 heteroatoms. The average Bonchev–Trinajstić information content (AvgIpc) is 2.91. The minimum absolute atomic E-state index is 0.187. The van der Waals surface area contributed by atoms with Crippen LogP contribution >= 0.6 is 0 Å². The molecule has 1 heterocycles. The largest absolute Gasteiger partial charge is 0.478 e. The fraction of sp³-hybridized carbons (Fsp3) is 0.533. The van der Waals surface area contributed by atoms with E-state index in [1.807, 2.05) is 6.07 Å². The number of aromatic carboxylic acids is 1. The smallest absolute Gasteiger partial charge is 0.338 e. The van der Waals surface area contributed by atoms with Crippen molar-refractivity contribution in [1.82, 2.24) is 15.0 Å². The van der Waals surface area contributed by atoms with Crippen LogP contribution in [0.5, 0.6) is 0 Å². The molecule has 0 aliphatic heterocycles. The summed E-state index contributed by atoms with van der Waals surface area (Å²) in [5.74, 6) is -0.980. The lowest BCUT2D eigenvalue weighted by atomic mass is 9.98. The Kier molecular flexibility index (Phi) is 4.15. The molecule has 0 saturated heterocycles. The molecule has 1 aromatic heterocycles. The molecule has 6 nitrogen and oxygen atoms in total. The monoisotopic (exact) mass is 289 g/mol. The van der Waals surface area contributed by atoms with Gasteiger partial charge in [0.25, 0.3) is 0 Å². The van der Waals surface area contributed by atoms with Gasteiger partial charge < -0.3 is 9.84 Å². The van der Waals surface area contributed by atoms with Crippen molar-refractivity contribution in [3.63, 3.8) is 0 Å². The number of hydrogen-bond acceptors (Lipinski definition) is 4. The molecule has 112 valence electrons. The van der Waals surface area contributed by atoms with Gasteiger partial charge in [0, 0.05) is 0 Å². The Bertz CT molecular complexity index is 632. The van der Waals surface area contributed by atoms with Crippen LogP contribution in [-0.2, 0) is 11.3 Å². The number of carboxylic acid groups (broad SMARTS) is 1. The van der Waals surface area contributed by atoms with Gasteiger partial charge in [0.2, 0.25) is 0 Å². The molecule has 2 aromatic rings. The summed E-state index contributed by atoms with van der Waals surface area (Å²) in [4.78, 5) is 11.1. The second-order valence-electron chi connectivity index (χ2n) is 5.42. The summed E-state index contributed by atoms with van der Waals surface area (Å²) in [5, 5.41) is 17.2. The normalized spacial score (nSPS) is 16.4. The summed E-state index contributed by atoms with van der Waals surface area (Å²) in [5.41, 5.74) is 1.36. The minimum atomic E-state index is -0.980. The molecule has 0 atom stereocenters. The van der Waals surface area contributed by atoms with E-state index in [-0.39, 0.29) is 5.56 Å². The molecule has 0 unspecified atom stereocenters. The molecule has 0 radical (unpaired) electrons. The van der Waals surface area contributed by atoms with Crippen LogP contribution in [0.4, 0.5) is 0 Å². The summed E-state index contributed by atoms with van der Waals surface area (Å²) in [6.45, 7) is 1.18. The molecule has 1 aliphatic rings. The van der Waals surface area contributed by atoms with E-state index in [1.165, 1.54) is 19.3 Å². The zero-order valence-electron chi connectivity index (χ0n) is 11.9. The van der Waals surface area contributed by atoms with E-state index in [2.05, 4.69) is 10.3 Å². The lowest BCUT2D eigenvalue weighted by Gasteiger charge is -2.21. The van der Waals surface area contributed by atoms with Gasteiger partial charge >= 0.3 is 5.97 Å². The first-order valence-corrected chi connectivity index (χ1v) is 7.43. The highest BCUT2D eigenvalue weighted by molar-refractivity contribution is 6.00. The quantitative estimate of drug-likeness (QED) is 0.915. The number of fused-ring (bicyclic) bond motifs is 1. The molecule has 3 rings (SSSR count). The highest BCUT2D eigenvalue weighted by Gasteiger charge is 2.15. The first-order valence-electron chi connectivity index (χ1n) is 7.43. The van der Waals surface area contributed by atoms with Crippen LogP contribution in [0, 0.1) is 0 Å². The average molecular weight is 289 g/mol. The number of hydrogen-bond donors (Lipinski definition) is 1. The number of rotatable bonds is 5. The van der Waals surface area contributed by atoms with E-state index in [1.54, 1.807) is 16.8 Å². The molecular formula is C15H19N3O3. The lowest BCUT2D eigenvalue weighted by Crippen LogP contribution is -2.19. The number of nitrogens with zero attached hydrogens (tertiary/aromatic N) is 3. The van der Waals surface area contributed by atoms with Crippen LogP contribution in [0.3, 0.4) is 0 Å². The molecule has 1 aliphatic carbocycles. The lowest BCUT2D eigenvalue weighted by molar-refractivity contribution is 0.0231. The van der Waals surface area contributed by atoms with E-state index in [9.17, 15) is 4.79 Å². The van der Waals surface area contributed by atoms with E-state index in [0.717, 1.165) is 18.4 Å². The van der Waals surface area contributed by atoms with Crippen LogP contribution in [-0.4, -0.2) is 38.8 Å². The van der Waals surface area contributed by atoms with Crippen LogP contribution in [0.1, 0.15) is 42.5 Å². The Balaban J connectivity index is 1.67.